The molecule has 0 spiro atoms. The van der Waals surface area contributed by atoms with E-state index in [0.29, 0.717) is 5.75 Å². The minimum absolute atomic E-state index is 0. The summed E-state index contributed by atoms with van der Waals surface area (Å²) in [7, 11) is 1.79. The zero-order chi connectivity index (χ0) is 18.8. The summed E-state index contributed by atoms with van der Waals surface area (Å²) in [5.74, 6) is 1.28. The molecule has 7 heteroatoms. The predicted octanol–water partition coefficient (Wildman–Crippen LogP) is 3.40. The Bertz CT molecular complexity index is 839. The van der Waals surface area contributed by atoms with Crippen LogP contribution in [0.15, 0.2) is 53.5 Å². The van der Waals surface area contributed by atoms with E-state index in [9.17, 15) is 9.50 Å². The first-order chi connectivity index (χ1) is 13.2. The number of halogens is 2. The zero-order valence-corrected chi connectivity index (χ0v) is 18.2. The van der Waals surface area contributed by atoms with Gasteiger partial charge >= 0.3 is 0 Å². The minimum atomic E-state index is -0.127. The molecule has 5 nitrogen and oxygen atoms in total. The number of anilines is 1. The van der Waals surface area contributed by atoms with Gasteiger partial charge in [-0.15, -0.1) is 24.0 Å². The number of aliphatic imine (C=N–C) groups is 1. The SMILES string of the molecule is CN=C(NC1CC1c1ccccc1F)N1CCN(c2ccccc2O)CC1.I. The molecule has 0 amide bonds. The number of nitrogens with zero attached hydrogens (tertiary/aromatic N) is 3. The van der Waals surface area contributed by atoms with Crippen LogP contribution < -0.4 is 10.2 Å². The third-order valence-electron chi connectivity index (χ3n) is 5.42. The number of phenols is 1. The molecule has 2 N–H and O–H groups in total. The van der Waals surface area contributed by atoms with E-state index in [2.05, 4.69) is 20.1 Å². The first-order valence-corrected chi connectivity index (χ1v) is 9.43. The lowest BCUT2D eigenvalue weighted by atomic mass is 10.1. The molecule has 150 valence electrons. The molecule has 28 heavy (non-hydrogen) atoms. The van der Waals surface area contributed by atoms with E-state index in [0.717, 1.165) is 49.8 Å². The summed E-state index contributed by atoms with van der Waals surface area (Å²) < 4.78 is 14.0. The molecule has 2 atom stereocenters. The number of piperazine rings is 1. The van der Waals surface area contributed by atoms with Crippen molar-refractivity contribution in [2.24, 2.45) is 4.99 Å². The molecule has 1 saturated heterocycles. The Balaban J connectivity index is 0.00000225. The summed E-state index contributed by atoms with van der Waals surface area (Å²) in [5, 5.41) is 13.5. The van der Waals surface area contributed by atoms with Gasteiger partial charge in [0, 0.05) is 45.2 Å². The van der Waals surface area contributed by atoms with Gasteiger partial charge in [-0.05, 0) is 30.2 Å². The van der Waals surface area contributed by atoms with Crippen LogP contribution in [0.25, 0.3) is 0 Å². The Morgan fingerprint density at radius 1 is 1.07 bits per heavy atom. The maximum absolute atomic E-state index is 14.0. The lowest BCUT2D eigenvalue weighted by Crippen LogP contribution is -2.53. The van der Waals surface area contributed by atoms with Crippen molar-refractivity contribution in [1.82, 2.24) is 10.2 Å². The van der Waals surface area contributed by atoms with Crippen LogP contribution in [-0.4, -0.2) is 55.2 Å². The van der Waals surface area contributed by atoms with Crippen molar-refractivity contribution in [3.63, 3.8) is 0 Å². The summed E-state index contributed by atoms with van der Waals surface area (Å²) in [6.07, 6.45) is 0.928. The van der Waals surface area contributed by atoms with E-state index in [1.54, 1.807) is 19.2 Å². The number of nitrogens with one attached hydrogen (secondary N) is 1. The van der Waals surface area contributed by atoms with E-state index in [1.165, 1.54) is 6.07 Å². The van der Waals surface area contributed by atoms with Crippen molar-refractivity contribution < 1.29 is 9.50 Å². The van der Waals surface area contributed by atoms with E-state index in [-0.39, 0.29) is 41.8 Å². The molecule has 2 fully saturated rings. The van der Waals surface area contributed by atoms with Crippen LogP contribution in [0, 0.1) is 5.82 Å². The van der Waals surface area contributed by atoms with Crippen molar-refractivity contribution in [2.45, 2.75) is 18.4 Å². The molecular weight excluding hydrogens is 470 g/mol. The van der Waals surface area contributed by atoms with Crippen LogP contribution in [0.5, 0.6) is 5.75 Å². The van der Waals surface area contributed by atoms with E-state index in [1.807, 2.05) is 30.3 Å². The number of aromatic hydroxyl groups is 1. The second kappa shape index (κ2) is 8.98. The Morgan fingerprint density at radius 2 is 1.75 bits per heavy atom. The van der Waals surface area contributed by atoms with Crippen LogP contribution >= 0.6 is 24.0 Å². The van der Waals surface area contributed by atoms with Crippen LogP contribution in [0.3, 0.4) is 0 Å². The van der Waals surface area contributed by atoms with Crippen molar-refractivity contribution in [2.75, 3.05) is 38.1 Å². The largest absolute Gasteiger partial charge is 0.506 e. The minimum Gasteiger partial charge on any atom is -0.506 e. The summed E-state index contributed by atoms with van der Waals surface area (Å²) in [6, 6.07) is 14.7. The summed E-state index contributed by atoms with van der Waals surface area (Å²) in [4.78, 5) is 8.85. The maximum atomic E-state index is 14.0. The topological polar surface area (TPSA) is 51.1 Å². The van der Waals surface area contributed by atoms with Gasteiger partial charge in [0.1, 0.15) is 11.6 Å². The molecule has 2 aromatic carbocycles. The molecule has 1 heterocycles. The Kier molecular flexibility index (Phi) is 6.64. The zero-order valence-electron chi connectivity index (χ0n) is 15.9. The number of benzene rings is 2. The number of hydrogen-bond donors (Lipinski definition) is 2. The molecule has 1 aliphatic heterocycles. The summed E-state index contributed by atoms with van der Waals surface area (Å²) >= 11 is 0. The highest BCUT2D eigenvalue weighted by Gasteiger charge is 2.41. The second-order valence-electron chi connectivity index (χ2n) is 7.12. The first-order valence-electron chi connectivity index (χ1n) is 9.43. The van der Waals surface area contributed by atoms with Crippen molar-refractivity contribution in [3.8, 4) is 5.75 Å². The van der Waals surface area contributed by atoms with Gasteiger partial charge in [0.2, 0.25) is 0 Å². The third kappa shape index (κ3) is 4.34. The molecule has 0 radical (unpaired) electrons. The fourth-order valence-corrected chi connectivity index (χ4v) is 3.83. The van der Waals surface area contributed by atoms with Gasteiger partial charge in [-0.25, -0.2) is 4.39 Å². The van der Waals surface area contributed by atoms with Gasteiger partial charge in [-0.2, -0.15) is 0 Å². The Hall–Kier alpha value is -2.03. The van der Waals surface area contributed by atoms with Crippen LogP contribution in [0.4, 0.5) is 10.1 Å². The van der Waals surface area contributed by atoms with Crippen molar-refractivity contribution in [3.05, 3.63) is 59.9 Å². The summed E-state index contributed by atoms with van der Waals surface area (Å²) in [6.45, 7) is 3.29. The number of guanidine groups is 1. The van der Waals surface area contributed by atoms with E-state index in [4.69, 9.17) is 0 Å². The number of phenolic OH excluding ortho intramolecular Hbond substituents is 1. The Labute approximate surface area is 182 Å². The van der Waals surface area contributed by atoms with Gasteiger partial charge in [0.25, 0.3) is 0 Å². The number of para-hydroxylation sites is 2. The first kappa shape index (κ1) is 20.7. The maximum Gasteiger partial charge on any atom is 0.194 e. The third-order valence-corrected chi connectivity index (χ3v) is 5.42. The highest BCUT2D eigenvalue weighted by molar-refractivity contribution is 14.0. The number of hydrogen-bond acceptors (Lipinski definition) is 3. The molecule has 1 aliphatic carbocycles. The van der Waals surface area contributed by atoms with Crippen molar-refractivity contribution in [1.29, 1.82) is 0 Å². The average Bonchev–Trinajstić information content (AvgIpc) is 3.46. The quantitative estimate of drug-likeness (QED) is 0.389. The van der Waals surface area contributed by atoms with Gasteiger partial charge in [0.15, 0.2) is 5.96 Å². The molecule has 0 bridgehead atoms. The fraction of sp³-hybridized carbons (Fsp3) is 0.381. The lowest BCUT2D eigenvalue weighted by molar-refractivity contribution is 0.369. The molecular formula is C21H26FIN4O. The van der Waals surface area contributed by atoms with Crippen LogP contribution in [0.2, 0.25) is 0 Å². The molecule has 2 aliphatic rings. The normalized spacial score (nSPS) is 21.9. The average molecular weight is 496 g/mol. The van der Waals surface area contributed by atoms with Gasteiger partial charge in [-0.1, -0.05) is 30.3 Å². The Morgan fingerprint density at radius 3 is 2.43 bits per heavy atom. The smallest absolute Gasteiger partial charge is 0.194 e. The van der Waals surface area contributed by atoms with Crippen LogP contribution in [0.1, 0.15) is 17.9 Å². The predicted molar refractivity (Wildman–Crippen MR) is 121 cm³/mol. The fourth-order valence-electron chi connectivity index (χ4n) is 3.83. The van der Waals surface area contributed by atoms with Crippen LogP contribution in [-0.2, 0) is 0 Å². The van der Waals surface area contributed by atoms with Gasteiger partial charge in [-0.3, -0.25) is 4.99 Å². The lowest BCUT2D eigenvalue weighted by Gasteiger charge is -2.38. The molecule has 2 unspecified atom stereocenters. The second-order valence-corrected chi connectivity index (χ2v) is 7.12. The monoisotopic (exact) mass is 496 g/mol. The highest BCUT2D eigenvalue weighted by Crippen LogP contribution is 2.42. The molecule has 4 rings (SSSR count). The highest BCUT2D eigenvalue weighted by atomic mass is 127. The van der Waals surface area contributed by atoms with Gasteiger partial charge < -0.3 is 20.2 Å². The van der Waals surface area contributed by atoms with Gasteiger partial charge in [0.05, 0.1) is 5.69 Å². The molecule has 2 aromatic rings. The van der Waals surface area contributed by atoms with E-state index < -0.39 is 0 Å². The summed E-state index contributed by atoms with van der Waals surface area (Å²) in [5.41, 5.74) is 1.66. The molecule has 1 saturated carbocycles. The van der Waals surface area contributed by atoms with Crippen molar-refractivity contribution >= 4 is 35.6 Å². The van der Waals surface area contributed by atoms with E-state index >= 15 is 0 Å². The molecule has 0 aromatic heterocycles. The standard InChI is InChI=1S/C21H25FN4O.HI/c1-23-21(24-18-14-16(18)15-6-2-3-7-17(15)22)26-12-10-25(11-13-26)19-8-4-5-9-20(19)27;/h2-9,16,18,27H,10-14H2,1H3,(H,23,24);1H. The number of rotatable bonds is 3.